The first-order chi connectivity index (χ1) is 11.5. The summed E-state index contributed by atoms with van der Waals surface area (Å²) in [5.41, 5.74) is 1.06. The average molecular weight is 499 g/mol. The summed E-state index contributed by atoms with van der Waals surface area (Å²) in [7, 11) is 1.10. The van der Waals surface area contributed by atoms with Gasteiger partial charge in [0.1, 0.15) is 0 Å². The van der Waals surface area contributed by atoms with Crippen LogP contribution >= 0.6 is 35.3 Å². The second-order valence-corrected chi connectivity index (χ2v) is 9.45. The van der Waals surface area contributed by atoms with Gasteiger partial charge in [0.2, 0.25) is 0 Å². The number of aliphatic imine (C=N–C) groups is 1. The van der Waals surface area contributed by atoms with Crippen molar-refractivity contribution in [3.05, 3.63) is 16.1 Å². The largest absolute Gasteiger partial charge is 0.354 e. The van der Waals surface area contributed by atoms with E-state index in [0.717, 1.165) is 43.1 Å². The van der Waals surface area contributed by atoms with Crippen molar-refractivity contribution in [2.75, 3.05) is 12.8 Å². The number of hydrogen-bond donors (Lipinski definition) is 2. The molecule has 1 saturated carbocycles. The summed E-state index contributed by atoms with van der Waals surface area (Å²) in [6.07, 6.45) is 4.30. The Hall–Kier alpha value is -0.220. The third-order valence-electron chi connectivity index (χ3n) is 4.35. The normalized spacial score (nSPS) is 22.4. The van der Waals surface area contributed by atoms with E-state index in [1.165, 1.54) is 5.01 Å². The summed E-state index contributed by atoms with van der Waals surface area (Å²) < 4.78 is 12.1. The molecule has 0 saturated heterocycles. The first kappa shape index (κ1) is 22.8. The highest BCUT2D eigenvalue weighted by Crippen LogP contribution is 2.23. The van der Waals surface area contributed by atoms with Crippen molar-refractivity contribution in [2.45, 2.75) is 70.2 Å². The number of rotatable bonds is 6. The van der Waals surface area contributed by atoms with Crippen LogP contribution in [0.15, 0.2) is 10.4 Å². The van der Waals surface area contributed by atoms with Crippen LogP contribution in [0.3, 0.4) is 0 Å². The first-order valence-corrected chi connectivity index (χ1v) is 11.1. The van der Waals surface area contributed by atoms with Crippen LogP contribution in [-0.2, 0) is 17.3 Å². The summed E-state index contributed by atoms with van der Waals surface area (Å²) in [6.45, 7) is 7.01. The topological polar surface area (TPSA) is 66.4 Å². The Morgan fingerprint density at radius 3 is 2.84 bits per heavy atom. The highest BCUT2D eigenvalue weighted by atomic mass is 127. The molecule has 1 aromatic heterocycles. The molecule has 0 spiro atoms. The molecule has 144 valence electrons. The number of thiazole rings is 1. The maximum Gasteiger partial charge on any atom is 0.191 e. The molecule has 0 radical (unpaired) electrons. The van der Waals surface area contributed by atoms with Gasteiger partial charge in [0.25, 0.3) is 0 Å². The van der Waals surface area contributed by atoms with E-state index in [-0.39, 0.29) is 24.0 Å². The number of nitrogens with zero attached hydrogens (tertiary/aromatic N) is 2. The maximum atomic E-state index is 12.1. The molecule has 2 rings (SSSR count). The van der Waals surface area contributed by atoms with Gasteiger partial charge in [-0.05, 0) is 19.3 Å². The van der Waals surface area contributed by atoms with Gasteiger partial charge >= 0.3 is 0 Å². The van der Waals surface area contributed by atoms with Gasteiger partial charge in [0, 0.05) is 46.2 Å². The predicted molar refractivity (Wildman–Crippen MR) is 120 cm³/mol. The number of hydrogen-bond acceptors (Lipinski definition) is 4. The van der Waals surface area contributed by atoms with Gasteiger partial charge in [-0.3, -0.25) is 9.20 Å². The molecular formula is C17H31IN4OS2. The fraction of sp³-hybridized carbons (Fsp3) is 0.765. The van der Waals surface area contributed by atoms with Crippen molar-refractivity contribution in [2.24, 2.45) is 4.99 Å². The Morgan fingerprint density at radius 2 is 2.24 bits per heavy atom. The minimum Gasteiger partial charge on any atom is -0.354 e. The lowest BCUT2D eigenvalue weighted by Gasteiger charge is -2.30. The lowest BCUT2D eigenvalue weighted by atomic mass is 9.95. The van der Waals surface area contributed by atoms with Gasteiger partial charge < -0.3 is 10.6 Å². The van der Waals surface area contributed by atoms with E-state index in [2.05, 4.69) is 39.8 Å². The van der Waals surface area contributed by atoms with Crippen LogP contribution < -0.4 is 10.6 Å². The molecule has 1 heterocycles. The molecule has 1 aromatic rings. The van der Waals surface area contributed by atoms with E-state index >= 15 is 0 Å². The summed E-state index contributed by atoms with van der Waals surface area (Å²) in [6, 6.07) is 0.354. The molecule has 2 N–H and O–H groups in total. The van der Waals surface area contributed by atoms with E-state index < -0.39 is 10.8 Å². The molecule has 8 heteroatoms. The molecule has 1 aliphatic rings. The summed E-state index contributed by atoms with van der Waals surface area (Å²) in [5.74, 6) is 2.04. The fourth-order valence-corrected chi connectivity index (χ4v) is 5.16. The van der Waals surface area contributed by atoms with Gasteiger partial charge in [-0.15, -0.1) is 35.3 Å². The zero-order valence-electron chi connectivity index (χ0n) is 15.6. The Kier molecular flexibility index (Phi) is 10.5. The highest BCUT2D eigenvalue weighted by molar-refractivity contribution is 14.0. The van der Waals surface area contributed by atoms with Crippen molar-refractivity contribution >= 4 is 52.1 Å². The Morgan fingerprint density at radius 1 is 1.48 bits per heavy atom. The second-order valence-electron chi connectivity index (χ2n) is 6.56. The van der Waals surface area contributed by atoms with Crippen LogP contribution in [0, 0.1) is 0 Å². The lowest BCUT2D eigenvalue weighted by Crippen LogP contribution is -2.46. The monoisotopic (exact) mass is 498 g/mol. The predicted octanol–water partition coefficient (Wildman–Crippen LogP) is 3.63. The van der Waals surface area contributed by atoms with Crippen LogP contribution in [0.4, 0.5) is 0 Å². The molecule has 0 aliphatic heterocycles. The SMILES string of the molecule is CCS(=O)C1CCCC(NC(=NC)NCc2csc(C(C)C)n2)C1.I. The molecular weight excluding hydrogens is 467 g/mol. The van der Waals surface area contributed by atoms with Crippen LogP contribution in [0.2, 0.25) is 0 Å². The first-order valence-electron chi connectivity index (χ1n) is 8.82. The number of aromatic nitrogens is 1. The number of nitrogens with one attached hydrogen (secondary N) is 2. The zero-order valence-corrected chi connectivity index (χ0v) is 19.5. The van der Waals surface area contributed by atoms with Gasteiger partial charge in [-0.25, -0.2) is 4.98 Å². The molecule has 0 bridgehead atoms. The Bertz CT molecular complexity index is 577. The number of guanidine groups is 1. The third-order valence-corrected chi connectivity index (χ3v) is 7.28. The van der Waals surface area contributed by atoms with Crippen molar-refractivity contribution in [1.82, 2.24) is 15.6 Å². The van der Waals surface area contributed by atoms with Crippen molar-refractivity contribution in [3.8, 4) is 0 Å². The molecule has 5 nitrogen and oxygen atoms in total. The van der Waals surface area contributed by atoms with Gasteiger partial charge in [-0.2, -0.15) is 0 Å². The third kappa shape index (κ3) is 7.13. The molecule has 3 atom stereocenters. The molecule has 0 amide bonds. The van der Waals surface area contributed by atoms with Crippen molar-refractivity contribution < 1.29 is 4.21 Å². The van der Waals surface area contributed by atoms with Gasteiger partial charge in [-0.1, -0.05) is 27.2 Å². The van der Waals surface area contributed by atoms with Crippen LogP contribution in [-0.4, -0.2) is 39.2 Å². The van der Waals surface area contributed by atoms with Crippen LogP contribution in [0.1, 0.15) is 63.1 Å². The van der Waals surface area contributed by atoms with Crippen molar-refractivity contribution in [1.29, 1.82) is 0 Å². The summed E-state index contributed by atoms with van der Waals surface area (Å²) in [5, 5.41) is 10.5. The molecule has 3 unspecified atom stereocenters. The molecule has 1 aliphatic carbocycles. The van der Waals surface area contributed by atoms with Gasteiger partial charge in [0.15, 0.2) is 5.96 Å². The lowest BCUT2D eigenvalue weighted by molar-refractivity contribution is 0.413. The summed E-state index contributed by atoms with van der Waals surface area (Å²) in [4.78, 5) is 8.97. The fourth-order valence-electron chi connectivity index (χ4n) is 2.98. The Labute approximate surface area is 175 Å². The minimum absolute atomic E-state index is 0. The maximum absolute atomic E-state index is 12.1. The Balaban J connectivity index is 0.00000312. The standard InChI is InChI=1S/C17H30N4OS2.HI/c1-5-24(22)15-8-6-7-13(9-15)21-17(18-4)19-10-14-11-23-16(20-14)12(2)3;/h11-13,15H,5-10H2,1-4H3,(H2,18,19,21);1H. The molecule has 0 aromatic carbocycles. The second kappa shape index (κ2) is 11.5. The van der Waals surface area contributed by atoms with E-state index in [9.17, 15) is 4.21 Å². The summed E-state index contributed by atoms with van der Waals surface area (Å²) >= 11 is 1.71. The van der Waals surface area contributed by atoms with E-state index in [1.54, 1.807) is 18.4 Å². The number of halogens is 1. The van der Waals surface area contributed by atoms with Crippen LogP contribution in [0.5, 0.6) is 0 Å². The van der Waals surface area contributed by atoms with E-state index in [4.69, 9.17) is 0 Å². The smallest absolute Gasteiger partial charge is 0.191 e. The van der Waals surface area contributed by atoms with E-state index in [0.29, 0.717) is 23.8 Å². The highest BCUT2D eigenvalue weighted by Gasteiger charge is 2.26. The quantitative estimate of drug-likeness (QED) is 0.357. The van der Waals surface area contributed by atoms with E-state index in [1.807, 2.05) is 6.92 Å². The molecule has 25 heavy (non-hydrogen) atoms. The zero-order chi connectivity index (χ0) is 17.5. The van der Waals surface area contributed by atoms with Crippen LogP contribution in [0.25, 0.3) is 0 Å². The van der Waals surface area contributed by atoms with Gasteiger partial charge in [0.05, 0.1) is 17.2 Å². The minimum atomic E-state index is -0.695. The van der Waals surface area contributed by atoms with Crippen molar-refractivity contribution in [3.63, 3.8) is 0 Å². The molecule has 1 fully saturated rings. The average Bonchev–Trinajstić information content (AvgIpc) is 3.07.